The molecule has 7 heteroatoms. The van der Waals surface area contributed by atoms with E-state index in [0.29, 0.717) is 12.3 Å². The topological polar surface area (TPSA) is 91.7 Å². The standard InChI is InChI=1S/C15H21N3O4/c1-3-4-5-8-16-12(19)10-18-13(20)15(2,17-14(18)21)11-7-6-9-22-11/h6-7,9H,3-5,8,10H2,1-2H3,(H,16,19)(H,17,21). The Labute approximate surface area is 129 Å². The molecule has 22 heavy (non-hydrogen) atoms. The van der Waals surface area contributed by atoms with E-state index in [9.17, 15) is 14.4 Å². The first-order chi connectivity index (χ1) is 10.5. The van der Waals surface area contributed by atoms with Gasteiger partial charge in [0, 0.05) is 6.54 Å². The molecule has 0 bridgehead atoms. The maximum absolute atomic E-state index is 12.5. The minimum absolute atomic E-state index is 0.285. The van der Waals surface area contributed by atoms with Gasteiger partial charge in [-0.2, -0.15) is 0 Å². The van der Waals surface area contributed by atoms with E-state index in [4.69, 9.17) is 4.42 Å². The van der Waals surface area contributed by atoms with Crippen LogP contribution in [-0.4, -0.2) is 35.8 Å². The van der Waals surface area contributed by atoms with Gasteiger partial charge in [0.2, 0.25) is 5.91 Å². The smallest absolute Gasteiger partial charge is 0.325 e. The number of furan rings is 1. The molecule has 2 heterocycles. The highest BCUT2D eigenvalue weighted by molar-refractivity contribution is 6.08. The molecule has 1 aliphatic rings. The highest BCUT2D eigenvalue weighted by atomic mass is 16.3. The van der Waals surface area contributed by atoms with Gasteiger partial charge < -0.3 is 15.1 Å². The van der Waals surface area contributed by atoms with Gasteiger partial charge in [-0.25, -0.2) is 4.79 Å². The number of carbonyl (C=O) groups excluding carboxylic acids is 3. The molecular formula is C15H21N3O4. The molecule has 2 N–H and O–H groups in total. The van der Waals surface area contributed by atoms with Gasteiger partial charge in [-0.05, 0) is 25.5 Å². The van der Waals surface area contributed by atoms with Crippen LogP contribution in [-0.2, 0) is 15.1 Å². The summed E-state index contributed by atoms with van der Waals surface area (Å²) in [6.45, 7) is 3.90. The number of urea groups is 1. The summed E-state index contributed by atoms with van der Waals surface area (Å²) in [4.78, 5) is 37.2. The Hall–Kier alpha value is -2.31. The van der Waals surface area contributed by atoms with Crippen molar-refractivity contribution in [1.29, 1.82) is 0 Å². The second-order valence-electron chi connectivity index (χ2n) is 5.48. The normalized spacial score (nSPS) is 21.1. The van der Waals surface area contributed by atoms with Gasteiger partial charge in [0.1, 0.15) is 12.3 Å². The summed E-state index contributed by atoms with van der Waals surface area (Å²) >= 11 is 0. The van der Waals surface area contributed by atoms with Gasteiger partial charge in [0.05, 0.1) is 6.26 Å². The molecule has 1 fully saturated rings. The van der Waals surface area contributed by atoms with Gasteiger partial charge in [-0.3, -0.25) is 14.5 Å². The second kappa shape index (κ2) is 6.64. The Balaban J connectivity index is 1.96. The molecule has 1 aromatic heterocycles. The van der Waals surface area contributed by atoms with Crippen LogP contribution >= 0.6 is 0 Å². The maximum Gasteiger partial charge on any atom is 0.325 e. The van der Waals surface area contributed by atoms with Gasteiger partial charge in [-0.1, -0.05) is 19.8 Å². The zero-order chi connectivity index (χ0) is 16.2. The number of nitrogens with one attached hydrogen (secondary N) is 2. The van der Waals surface area contributed by atoms with E-state index in [0.717, 1.165) is 24.2 Å². The fourth-order valence-corrected chi connectivity index (χ4v) is 2.37. The Bertz CT molecular complexity index is 555. The second-order valence-corrected chi connectivity index (χ2v) is 5.48. The van der Waals surface area contributed by atoms with E-state index in [1.807, 2.05) is 0 Å². The predicted molar refractivity (Wildman–Crippen MR) is 78.8 cm³/mol. The zero-order valence-electron chi connectivity index (χ0n) is 12.8. The van der Waals surface area contributed by atoms with E-state index in [1.165, 1.54) is 6.26 Å². The van der Waals surface area contributed by atoms with Crippen molar-refractivity contribution in [2.24, 2.45) is 0 Å². The minimum atomic E-state index is -1.26. The Morgan fingerprint density at radius 2 is 2.18 bits per heavy atom. The molecule has 1 saturated heterocycles. The summed E-state index contributed by atoms with van der Waals surface area (Å²) in [5.74, 6) is -0.490. The first-order valence-corrected chi connectivity index (χ1v) is 7.44. The number of hydrogen-bond acceptors (Lipinski definition) is 4. The summed E-state index contributed by atoms with van der Waals surface area (Å²) < 4.78 is 5.22. The lowest BCUT2D eigenvalue weighted by Gasteiger charge is -2.18. The molecule has 2 rings (SSSR count). The van der Waals surface area contributed by atoms with Crippen LogP contribution in [0.3, 0.4) is 0 Å². The molecule has 7 nitrogen and oxygen atoms in total. The van der Waals surface area contributed by atoms with Crippen LogP contribution in [0, 0.1) is 0 Å². The van der Waals surface area contributed by atoms with Crippen LogP contribution in [0.2, 0.25) is 0 Å². The summed E-state index contributed by atoms with van der Waals surface area (Å²) in [6.07, 6.45) is 4.40. The highest BCUT2D eigenvalue weighted by Crippen LogP contribution is 2.28. The fraction of sp³-hybridized carbons (Fsp3) is 0.533. The van der Waals surface area contributed by atoms with Gasteiger partial charge >= 0.3 is 6.03 Å². The van der Waals surface area contributed by atoms with E-state index >= 15 is 0 Å². The van der Waals surface area contributed by atoms with Crippen molar-refractivity contribution >= 4 is 17.8 Å². The number of amides is 4. The van der Waals surface area contributed by atoms with Crippen LogP contribution in [0.4, 0.5) is 4.79 Å². The van der Waals surface area contributed by atoms with Crippen molar-refractivity contribution in [1.82, 2.24) is 15.5 Å². The number of unbranched alkanes of at least 4 members (excludes halogenated alkanes) is 2. The molecule has 0 spiro atoms. The highest BCUT2D eigenvalue weighted by Gasteiger charge is 2.51. The summed E-state index contributed by atoms with van der Waals surface area (Å²) in [5, 5.41) is 5.29. The van der Waals surface area contributed by atoms with Crippen LogP contribution in [0.5, 0.6) is 0 Å². The van der Waals surface area contributed by atoms with Crippen molar-refractivity contribution in [3.05, 3.63) is 24.2 Å². The molecule has 0 aromatic carbocycles. The van der Waals surface area contributed by atoms with E-state index in [2.05, 4.69) is 17.6 Å². The molecular weight excluding hydrogens is 286 g/mol. The van der Waals surface area contributed by atoms with E-state index in [-0.39, 0.29) is 12.5 Å². The molecule has 4 amide bonds. The lowest BCUT2D eigenvalue weighted by atomic mass is 9.99. The first kappa shape index (κ1) is 16.1. The van der Waals surface area contributed by atoms with Crippen LogP contribution in [0.15, 0.2) is 22.8 Å². The van der Waals surface area contributed by atoms with Gasteiger partial charge in [0.25, 0.3) is 5.91 Å². The van der Waals surface area contributed by atoms with Crippen LogP contribution in [0.25, 0.3) is 0 Å². The quantitative estimate of drug-likeness (QED) is 0.587. The van der Waals surface area contributed by atoms with Crippen molar-refractivity contribution in [3.63, 3.8) is 0 Å². The molecule has 0 aliphatic carbocycles. The molecule has 1 aliphatic heterocycles. The average molecular weight is 307 g/mol. The fourth-order valence-electron chi connectivity index (χ4n) is 2.37. The lowest BCUT2D eigenvalue weighted by molar-refractivity contribution is -0.135. The molecule has 120 valence electrons. The summed E-state index contributed by atoms with van der Waals surface area (Å²) in [7, 11) is 0. The SMILES string of the molecule is CCCCCNC(=O)CN1C(=O)NC(C)(c2ccco2)C1=O. The number of carbonyl (C=O) groups is 3. The Morgan fingerprint density at radius 1 is 1.41 bits per heavy atom. The maximum atomic E-state index is 12.5. The number of imide groups is 1. The Morgan fingerprint density at radius 3 is 2.82 bits per heavy atom. The Kier molecular flexibility index (Phi) is 4.85. The molecule has 1 aromatic rings. The summed E-state index contributed by atoms with van der Waals surface area (Å²) in [6, 6.07) is 2.67. The largest absolute Gasteiger partial charge is 0.466 e. The number of nitrogens with zero attached hydrogens (tertiary/aromatic N) is 1. The third-order valence-electron chi connectivity index (χ3n) is 3.69. The van der Waals surface area contributed by atoms with Crippen LogP contribution < -0.4 is 10.6 Å². The summed E-state index contributed by atoms with van der Waals surface area (Å²) in [5.41, 5.74) is -1.26. The molecule has 1 atom stereocenters. The van der Waals surface area contributed by atoms with Gasteiger partial charge in [-0.15, -0.1) is 0 Å². The third-order valence-corrected chi connectivity index (χ3v) is 3.69. The zero-order valence-corrected chi connectivity index (χ0v) is 12.8. The van der Waals surface area contributed by atoms with E-state index in [1.54, 1.807) is 19.1 Å². The number of hydrogen-bond donors (Lipinski definition) is 2. The average Bonchev–Trinajstić information content (AvgIpc) is 3.08. The van der Waals surface area contributed by atoms with Gasteiger partial charge in [0.15, 0.2) is 5.54 Å². The number of rotatable bonds is 7. The van der Waals surface area contributed by atoms with Crippen LogP contribution in [0.1, 0.15) is 38.9 Å². The third kappa shape index (κ3) is 3.13. The first-order valence-electron chi connectivity index (χ1n) is 7.44. The van der Waals surface area contributed by atoms with E-state index < -0.39 is 17.5 Å². The molecule has 1 unspecified atom stereocenters. The molecule has 0 radical (unpaired) electrons. The van der Waals surface area contributed by atoms with Crippen molar-refractivity contribution in [3.8, 4) is 0 Å². The predicted octanol–water partition coefficient (Wildman–Crippen LogP) is 1.35. The monoisotopic (exact) mass is 307 g/mol. The van der Waals surface area contributed by atoms with Crippen molar-refractivity contribution in [2.75, 3.05) is 13.1 Å². The van der Waals surface area contributed by atoms with Crippen molar-refractivity contribution < 1.29 is 18.8 Å². The lowest BCUT2D eigenvalue weighted by Crippen LogP contribution is -2.43. The minimum Gasteiger partial charge on any atom is -0.466 e. The van der Waals surface area contributed by atoms with Crippen molar-refractivity contribution in [2.45, 2.75) is 38.6 Å². The molecule has 0 saturated carbocycles.